The summed E-state index contributed by atoms with van der Waals surface area (Å²) < 4.78 is 1.61. The van der Waals surface area contributed by atoms with Gasteiger partial charge in [-0.15, -0.1) is 0 Å². The zero-order valence-electron chi connectivity index (χ0n) is 10.9. The standard InChI is InChI=1S/C11H19N5O2/c1-4-9-8(6-15(3)13-9)11(17)16(5-2)7-10(12)14-18/h6,18H,4-5,7H2,1-3H3,(H2,12,14). The van der Waals surface area contributed by atoms with Crippen LogP contribution in [0.1, 0.15) is 29.9 Å². The number of amides is 1. The number of nitrogens with zero attached hydrogens (tertiary/aromatic N) is 4. The Morgan fingerprint density at radius 1 is 1.61 bits per heavy atom. The van der Waals surface area contributed by atoms with Crippen LogP contribution in [0.3, 0.4) is 0 Å². The van der Waals surface area contributed by atoms with Crippen molar-refractivity contribution in [2.45, 2.75) is 20.3 Å². The molecule has 0 radical (unpaired) electrons. The lowest BCUT2D eigenvalue weighted by Gasteiger charge is -2.19. The number of amidine groups is 1. The lowest BCUT2D eigenvalue weighted by atomic mass is 10.2. The molecule has 1 amide bonds. The number of aryl methyl sites for hydroxylation is 2. The maximum Gasteiger partial charge on any atom is 0.257 e. The van der Waals surface area contributed by atoms with E-state index in [-0.39, 0.29) is 18.3 Å². The van der Waals surface area contributed by atoms with Gasteiger partial charge < -0.3 is 15.8 Å². The van der Waals surface area contributed by atoms with E-state index < -0.39 is 0 Å². The van der Waals surface area contributed by atoms with Crippen molar-refractivity contribution in [2.24, 2.45) is 17.9 Å². The van der Waals surface area contributed by atoms with Gasteiger partial charge in [0.2, 0.25) is 0 Å². The van der Waals surface area contributed by atoms with Gasteiger partial charge in [-0.1, -0.05) is 12.1 Å². The summed E-state index contributed by atoms with van der Waals surface area (Å²) in [6, 6.07) is 0. The van der Waals surface area contributed by atoms with Crippen LogP contribution < -0.4 is 5.73 Å². The van der Waals surface area contributed by atoms with E-state index in [1.165, 1.54) is 4.90 Å². The molecule has 0 unspecified atom stereocenters. The fourth-order valence-electron chi connectivity index (χ4n) is 1.70. The summed E-state index contributed by atoms with van der Waals surface area (Å²) in [6.07, 6.45) is 2.37. The maximum atomic E-state index is 12.3. The predicted octanol–water partition coefficient (Wildman–Crippen LogP) is 0.191. The molecule has 0 aliphatic carbocycles. The molecule has 100 valence electrons. The van der Waals surface area contributed by atoms with Gasteiger partial charge in [-0.25, -0.2) is 0 Å². The molecule has 1 heterocycles. The monoisotopic (exact) mass is 253 g/mol. The van der Waals surface area contributed by atoms with Crippen molar-refractivity contribution in [3.8, 4) is 0 Å². The van der Waals surface area contributed by atoms with Crippen LogP contribution in [0.5, 0.6) is 0 Å². The first-order valence-electron chi connectivity index (χ1n) is 5.81. The molecule has 7 heteroatoms. The van der Waals surface area contributed by atoms with Gasteiger partial charge in [0.25, 0.3) is 5.91 Å². The normalized spacial score (nSPS) is 11.6. The van der Waals surface area contributed by atoms with Crippen LogP contribution >= 0.6 is 0 Å². The molecule has 1 rings (SSSR count). The van der Waals surface area contributed by atoms with E-state index in [1.54, 1.807) is 17.9 Å². The van der Waals surface area contributed by atoms with Gasteiger partial charge in [0.05, 0.1) is 17.8 Å². The number of hydrogen-bond donors (Lipinski definition) is 2. The molecule has 7 nitrogen and oxygen atoms in total. The molecule has 0 saturated carbocycles. The van der Waals surface area contributed by atoms with Gasteiger partial charge in [0, 0.05) is 19.8 Å². The van der Waals surface area contributed by atoms with E-state index in [9.17, 15) is 4.79 Å². The molecule has 0 aliphatic heterocycles. The predicted molar refractivity (Wildman–Crippen MR) is 67.6 cm³/mol. The summed E-state index contributed by atoms with van der Waals surface area (Å²) in [4.78, 5) is 13.8. The highest BCUT2D eigenvalue weighted by molar-refractivity contribution is 5.97. The highest BCUT2D eigenvalue weighted by Crippen LogP contribution is 2.10. The van der Waals surface area contributed by atoms with E-state index in [0.717, 1.165) is 5.69 Å². The third-order valence-corrected chi connectivity index (χ3v) is 2.62. The van der Waals surface area contributed by atoms with Crippen molar-refractivity contribution in [3.05, 3.63) is 17.5 Å². The summed E-state index contributed by atoms with van der Waals surface area (Å²) in [5.74, 6) is -0.152. The van der Waals surface area contributed by atoms with Crippen LogP contribution in [0.4, 0.5) is 0 Å². The SMILES string of the molecule is CCc1nn(C)cc1C(=O)N(CC)CC(N)=NO. The van der Waals surface area contributed by atoms with E-state index in [0.29, 0.717) is 18.5 Å². The third-order valence-electron chi connectivity index (χ3n) is 2.62. The second kappa shape index (κ2) is 6.04. The fraction of sp³-hybridized carbons (Fsp3) is 0.545. The average Bonchev–Trinajstić information content (AvgIpc) is 2.75. The Morgan fingerprint density at radius 3 is 2.78 bits per heavy atom. The van der Waals surface area contributed by atoms with Crippen molar-refractivity contribution >= 4 is 11.7 Å². The molecular formula is C11H19N5O2. The molecule has 1 aromatic rings. The van der Waals surface area contributed by atoms with Crippen molar-refractivity contribution in [2.75, 3.05) is 13.1 Å². The first-order chi connectivity index (χ1) is 8.53. The molecule has 0 fully saturated rings. The number of oxime groups is 1. The second-order valence-corrected chi connectivity index (χ2v) is 3.93. The molecule has 0 bridgehead atoms. The van der Waals surface area contributed by atoms with Crippen molar-refractivity contribution in [1.82, 2.24) is 14.7 Å². The third kappa shape index (κ3) is 2.99. The Labute approximate surface area is 106 Å². The summed E-state index contributed by atoms with van der Waals surface area (Å²) in [6.45, 7) is 4.36. The summed E-state index contributed by atoms with van der Waals surface area (Å²) in [7, 11) is 1.77. The number of carbonyl (C=O) groups is 1. The maximum absolute atomic E-state index is 12.3. The molecule has 0 saturated heterocycles. The molecule has 0 spiro atoms. The zero-order chi connectivity index (χ0) is 13.7. The Balaban J connectivity index is 2.96. The molecule has 18 heavy (non-hydrogen) atoms. The Morgan fingerprint density at radius 2 is 2.28 bits per heavy atom. The molecule has 0 aromatic carbocycles. The lowest BCUT2D eigenvalue weighted by molar-refractivity contribution is 0.0785. The fourth-order valence-corrected chi connectivity index (χ4v) is 1.70. The minimum absolute atomic E-state index is 0.00661. The van der Waals surface area contributed by atoms with Crippen molar-refractivity contribution in [1.29, 1.82) is 0 Å². The highest BCUT2D eigenvalue weighted by atomic mass is 16.4. The number of hydrogen-bond acceptors (Lipinski definition) is 4. The minimum Gasteiger partial charge on any atom is -0.409 e. The molecule has 1 aromatic heterocycles. The van der Waals surface area contributed by atoms with Gasteiger partial charge in [-0.3, -0.25) is 9.48 Å². The smallest absolute Gasteiger partial charge is 0.257 e. The summed E-state index contributed by atoms with van der Waals surface area (Å²) in [5.41, 5.74) is 6.74. The van der Waals surface area contributed by atoms with Crippen LogP contribution in [0.15, 0.2) is 11.4 Å². The van der Waals surface area contributed by atoms with Crippen LogP contribution in [-0.4, -0.2) is 44.7 Å². The number of rotatable bonds is 5. The molecule has 0 aliphatic rings. The largest absolute Gasteiger partial charge is 0.409 e. The second-order valence-electron chi connectivity index (χ2n) is 3.93. The van der Waals surface area contributed by atoms with E-state index in [2.05, 4.69) is 10.3 Å². The van der Waals surface area contributed by atoms with Crippen LogP contribution in [0.25, 0.3) is 0 Å². The average molecular weight is 253 g/mol. The van der Waals surface area contributed by atoms with Gasteiger partial charge in [0.1, 0.15) is 0 Å². The molecular weight excluding hydrogens is 234 g/mol. The number of aromatic nitrogens is 2. The number of nitrogens with two attached hydrogens (primary N) is 1. The van der Waals surface area contributed by atoms with Gasteiger partial charge >= 0.3 is 0 Å². The van der Waals surface area contributed by atoms with Crippen LogP contribution in [-0.2, 0) is 13.5 Å². The van der Waals surface area contributed by atoms with Gasteiger partial charge in [-0.05, 0) is 13.3 Å². The lowest BCUT2D eigenvalue weighted by Crippen LogP contribution is -2.38. The van der Waals surface area contributed by atoms with E-state index in [4.69, 9.17) is 10.9 Å². The van der Waals surface area contributed by atoms with Gasteiger partial charge in [-0.2, -0.15) is 5.10 Å². The highest BCUT2D eigenvalue weighted by Gasteiger charge is 2.20. The zero-order valence-corrected chi connectivity index (χ0v) is 10.9. The van der Waals surface area contributed by atoms with Gasteiger partial charge in [0.15, 0.2) is 5.84 Å². The number of carbonyl (C=O) groups excluding carboxylic acids is 1. The van der Waals surface area contributed by atoms with Crippen molar-refractivity contribution < 1.29 is 10.0 Å². The first-order valence-corrected chi connectivity index (χ1v) is 5.81. The summed E-state index contributed by atoms with van der Waals surface area (Å²) in [5, 5.41) is 15.6. The van der Waals surface area contributed by atoms with Crippen molar-refractivity contribution in [3.63, 3.8) is 0 Å². The Kier molecular flexibility index (Phi) is 4.70. The minimum atomic E-state index is -0.158. The topological polar surface area (TPSA) is 96.7 Å². The Bertz CT molecular complexity index is 452. The Hall–Kier alpha value is -2.05. The number of likely N-dealkylation sites (N-methyl/N-ethyl adjacent to an activating group) is 1. The quantitative estimate of drug-likeness (QED) is 0.339. The van der Waals surface area contributed by atoms with E-state index in [1.807, 2.05) is 13.8 Å². The molecule has 0 atom stereocenters. The summed E-state index contributed by atoms with van der Waals surface area (Å²) >= 11 is 0. The van der Waals surface area contributed by atoms with E-state index >= 15 is 0 Å². The van der Waals surface area contributed by atoms with Crippen LogP contribution in [0, 0.1) is 0 Å². The van der Waals surface area contributed by atoms with Crippen LogP contribution in [0.2, 0.25) is 0 Å². The molecule has 3 N–H and O–H groups in total. The first kappa shape index (κ1) is 14.0.